The summed E-state index contributed by atoms with van der Waals surface area (Å²) < 4.78 is 5.46. The molecule has 0 saturated carbocycles. The number of methoxy groups -OCH3 is 1. The zero-order valence-corrected chi connectivity index (χ0v) is 10.2. The van der Waals surface area contributed by atoms with Crippen LogP contribution in [0, 0.1) is 0 Å². The van der Waals surface area contributed by atoms with E-state index in [0.717, 1.165) is 5.56 Å². The van der Waals surface area contributed by atoms with Crippen LogP contribution in [-0.4, -0.2) is 23.7 Å². The summed E-state index contributed by atoms with van der Waals surface area (Å²) in [4.78, 5) is 0. The van der Waals surface area contributed by atoms with Gasteiger partial charge in [-0.3, -0.25) is 0 Å². The Morgan fingerprint density at radius 1 is 1.33 bits per heavy atom. The summed E-state index contributed by atoms with van der Waals surface area (Å²) in [6.07, 6.45) is 1.26. The fourth-order valence-corrected chi connectivity index (χ4v) is 4.50. The Morgan fingerprint density at radius 2 is 2.07 bits per heavy atom. The Kier molecular flexibility index (Phi) is 3.70. The first-order valence-corrected chi connectivity index (χ1v) is 7.01. The van der Waals surface area contributed by atoms with Crippen molar-refractivity contribution in [1.29, 1.82) is 0 Å². The Balaban J connectivity index is 2.26. The highest BCUT2D eigenvalue weighted by molar-refractivity contribution is 8.16. The predicted octanol–water partition coefficient (Wildman–Crippen LogP) is 3.27. The molecule has 4 heteroatoms. The first-order valence-electron chi connectivity index (χ1n) is 4.92. The number of phenolic OH excluding ortho intramolecular Hbond substituents is 1. The maximum Gasteiger partial charge on any atom is 0.162 e. The van der Waals surface area contributed by atoms with Crippen LogP contribution in [0.2, 0.25) is 0 Å². The van der Waals surface area contributed by atoms with Crippen LogP contribution in [0.3, 0.4) is 0 Å². The predicted molar refractivity (Wildman–Crippen MR) is 66.9 cm³/mol. The molecule has 0 unspecified atom stereocenters. The molecular weight excluding hydrogens is 228 g/mol. The summed E-state index contributed by atoms with van der Waals surface area (Å²) in [5.41, 5.74) is 0.990. The summed E-state index contributed by atoms with van der Waals surface area (Å²) in [5, 5.41) is 9.99. The lowest BCUT2D eigenvalue weighted by atomic mass is 10.2. The number of aromatic hydroxyl groups is 1. The smallest absolute Gasteiger partial charge is 0.162 e. The van der Waals surface area contributed by atoms with Crippen molar-refractivity contribution in [3.05, 3.63) is 23.8 Å². The second-order valence-electron chi connectivity index (χ2n) is 3.33. The molecule has 1 fully saturated rings. The third-order valence-corrected chi connectivity index (χ3v) is 5.31. The van der Waals surface area contributed by atoms with Gasteiger partial charge in [0, 0.05) is 5.56 Å². The van der Waals surface area contributed by atoms with Gasteiger partial charge in [-0.25, -0.2) is 0 Å². The van der Waals surface area contributed by atoms with Gasteiger partial charge in [-0.05, 0) is 24.0 Å². The average Bonchev–Trinajstić information content (AvgIpc) is 2.30. The van der Waals surface area contributed by atoms with Gasteiger partial charge in [0.1, 0.15) is 0 Å². The van der Waals surface area contributed by atoms with Crippen molar-refractivity contribution in [2.24, 2.45) is 0 Å². The first-order chi connectivity index (χ1) is 7.33. The minimum Gasteiger partial charge on any atom is -0.504 e. The van der Waals surface area contributed by atoms with E-state index in [1.807, 2.05) is 35.7 Å². The maximum absolute atomic E-state index is 9.99. The highest BCUT2D eigenvalue weighted by Gasteiger charge is 2.21. The Morgan fingerprint density at radius 3 is 2.73 bits per heavy atom. The van der Waals surface area contributed by atoms with Gasteiger partial charge in [-0.1, -0.05) is 12.1 Å². The number of thioether (sulfide) groups is 2. The van der Waals surface area contributed by atoms with E-state index in [2.05, 4.69) is 0 Å². The summed E-state index contributed by atoms with van der Waals surface area (Å²) in [6, 6.07) is 5.70. The molecule has 0 spiro atoms. The van der Waals surface area contributed by atoms with Crippen LogP contribution >= 0.6 is 23.5 Å². The molecule has 1 N–H and O–H groups in total. The monoisotopic (exact) mass is 242 g/mol. The summed E-state index contributed by atoms with van der Waals surface area (Å²) in [5.74, 6) is 3.22. The maximum atomic E-state index is 9.99. The standard InChI is InChI=1S/C11H14O2S2/c1-13-9-5-2-4-8(10(9)12)11-14-6-3-7-15-11/h2,4-5,11-12H,3,6-7H2,1H3. The van der Waals surface area contributed by atoms with E-state index in [-0.39, 0.29) is 0 Å². The minimum atomic E-state index is 0.298. The molecule has 1 aliphatic heterocycles. The lowest BCUT2D eigenvalue weighted by Crippen LogP contribution is -2.00. The van der Waals surface area contributed by atoms with Crippen LogP contribution < -0.4 is 4.74 Å². The summed E-state index contributed by atoms with van der Waals surface area (Å²) in [6.45, 7) is 0. The van der Waals surface area contributed by atoms with Gasteiger partial charge in [0.2, 0.25) is 0 Å². The van der Waals surface area contributed by atoms with Crippen molar-refractivity contribution in [1.82, 2.24) is 0 Å². The molecule has 0 radical (unpaired) electrons. The number of para-hydroxylation sites is 1. The third kappa shape index (κ3) is 2.37. The molecule has 1 saturated heterocycles. The molecule has 1 heterocycles. The molecule has 2 rings (SSSR count). The minimum absolute atomic E-state index is 0.298. The second kappa shape index (κ2) is 5.03. The zero-order valence-electron chi connectivity index (χ0n) is 8.60. The van der Waals surface area contributed by atoms with Gasteiger partial charge in [-0.15, -0.1) is 23.5 Å². The van der Waals surface area contributed by atoms with E-state index in [1.165, 1.54) is 17.9 Å². The molecule has 1 aromatic carbocycles. The number of phenols is 1. The van der Waals surface area contributed by atoms with Gasteiger partial charge in [0.15, 0.2) is 11.5 Å². The lowest BCUT2D eigenvalue weighted by molar-refractivity contribution is 0.371. The van der Waals surface area contributed by atoms with Crippen LogP contribution in [0.5, 0.6) is 11.5 Å². The first kappa shape index (κ1) is 11.0. The van der Waals surface area contributed by atoms with Crippen LogP contribution in [0.25, 0.3) is 0 Å². The van der Waals surface area contributed by atoms with Crippen molar-refractivity contribution in [3.63, 3.8) is 0 Å². The normalized spacial score (nSPS) is 17.7. The van der Waals surface area contributed by atoms with E-state index in [1.54, 1.807) is 13.2 Å². The molecule has 0 amide bonds. The third-order valence-electron chi connectivity index (χ3n) is 2.33. The lowest BCUT2D eigenvalue weighted by Gasteiger charge is -2.22. The summed E-state index contributed by atoms with van der Waals surface area (Å²) >= 11 is 3.79. The molecule has 0 aromatic heterocycles. The molecule has 1 aliphatic rings. The molecule has 0 atom stereocenters. The molecule has 1 aromatic rings. The van der Waals surface area contributed by atoms with Crippen LogP contribution in [-0.2, 0) is 0 Å². The van der Waals surface area contributed by atoms with Crippen molar-refractivity contribution in [2.45, 2.75) is 11.0 Å². The van der Waals surface area contributed by atoms with Crippen LogP contribution in [0.4, 0.5) is 0 Å². The largest absolute Gasteiger partial charge is 0.504 e. The van der Waals surface area contributed by atoms with Gasteiger partial charge in [0.05, 0.1) is 11.7 Å². The van der Waals surface area contributed by atoms with Crippen molar-refractivity contribution < 1.29 is 9.84 Å². The number of benzene rings is 1. The van der Waals surface area contributed by atoms with E-state index in [0.29, 0.717) is 16.1 Å². The van der Waals surface area contributed by atoms with Gasteiger partial charge in [-0.2, -0.15) is 0 Å². The molecule has 2 nitrogen and oxygen atoms in total. The Hall–Kier alpha value is -0.480. The van der Waals surface area contributed by atoms with E-state index in [4.69, 9.17) is 4.74 Å². The number of hydrogen-bond donors (Lipinski definition) is 1. The van der Waals surface area contributed by atoms with Crippen molar-refractivity contribution >= 4 is 23.5 Å². The second-order valence-corrected chi connectivity index (χ2v) is 6.05. The highest BCUT2D eigenvalue weighted by Crippen LogP contribution is 2.48. The van der Waals surface area contributed by atoms with Crippen molar-refractivity contribution in [3.8, 4) is 11.5 Å². The molecule has 0 aliphatic carbocycles. The summed E-state index contributed by atoms with van der Waals surface area (Å²) in [7, 11) is 1.58. The molecular formula is C11H14O2S2. The molecule has 82 valence electrons. The Bertz CT molecular complexity index is 335. The van der Waals surface area contributed by atoms with Crippen molar-refractivity contribution in [2.75, 3.05) is 18.6 Å². The average molecular weight is 242 g/mol. The molecule has 15 heavy (non-hydrogen) atoms. The molecule has 0 bridgehead atoms. The topological polar surface area (TPSA) is 29.5 Å². The van der Waals surface area contributed by atoms with E-state index >= 15 is 0 Å². The number of hydrogen-bond acceptors (Lipinski definition) is 4. The quantitative estimate of drug-likeness (QED) is 0.862. The SMILES string of the molecule is COc1cccc(C2SCCCS2)c1O. The zero-order chi connectivity index (χ0) is 10.7. The van der Waals surface area contributed by atoms with Gasteiger partial charge in [0.25, 0.3) is 0 Å². The van der Waals surface area contributed by atoms with E-state index in [9.17, 15) is 5.11 Å². The van der Waals surface area contributed by atoms with Crippen LogP contribution in [0.15, 0.2) is 18.2 Å². The highest BCUT2D eigenvalue weighted by atomic mass is 32.2. The number of ether oxygens (including phenoxy) is 1. The van der Waals surface area contributed by atoms with Gasteiger partial charge < -0.3 is 9.84 Å². The van der Waals surface area contributed by atoms with Crippen LogP contribution in [0.1, 0.15) is 16.6 Å². The number of rotatable bonds is 2. The van der Waals surface area contributed by atoms with E-state index < -0.39 is 0 Å². The Labute approximate surface area is 98.4 Å². The fourth-order valence-electron chi connectivity index (χ4n) is 1.56. The van der Waals surface area contributed by atoms with Gasteiger partial charge >= 0.3 is 0 Å². The fraction of sp³-hybridized carbons (Fsp3) is 0.455.